The van der Waals surface area contributed by atoms with Crippen molar-refractivity contribution in [1.82, 2.24) is 0 Å². The van der Waals surface area contributed by atoms with Gasteiger partial charge in [-0.3, -0.25) is 0 Å². The van der Waals surface area contributed by atoms with Gasteiger partial charge in [0.25, 0.3) is 0 Å². The van der Waals surface area contributed by atoms with E-state index in [-0.39, 0.29) is 47.5 Å². The van der Waals surface area contributed by atoms with Crippen molar-refractivity contribution in [2.24, 2.45) is 0 Å². The topological polar surface area (TPSA) is 114 Å². The summed E-state index contributed by atoms with van der Waals surface area (Å²) in [6.07, 6.45) is 21.4. The Labute approximate surface area is 351 Å². The largest absolute Gasteiger partial charge is 2.00 e. The van der Waals surface area contributed by atoms with Crippen molar-refractivity contribution < 1.29 is 25.9 Å². The molecule has 0 N–H and O–H groups in total. The van der Waals surface area contributed by atoms with Crippen LogP contribution in [0.5, 0.6) is 0 Å². The fourth-order valence-corrected chi connectivity index (χ4v) is 8.58. The van der Waals surface area contributed by atoms with E-state index in [4.69, 9.17) is 0 Å². The van der Waals surface area contributed by atoms with Crippen LogP contribution in [0.2, 0.25) is 0 Å². The van der Waals surface area contributed by atoms with Gasteiger partial charge in [-0.25, -0.2) is 16.8 Å². The molecule has 0 amide bonds. The van der Waals surface area contributed by atoms with Crippen LogP contribution in [0.1, 0.15) is 153 Å². The van der Waals surface area contributed by atoms with E-state index >= 15 is 0 Å². The predicted molar refractivity (Wildman–Crippen MR) is 221 cm³/mol. The average molecular weight is 791 g/mol. The first-order valence-electron chi connectivity index (χ1n) is 19.9. The van der Waals surface area contributed by atoms with Gasteiger partial charge in [-0.05, 0) is 107 Å². The zero-order valence-electron chi connectivity index (χ0n) is 32.9. The normalized spacial score (nSPS) is 11.7. The first-order valence-corrected chi connectivity index (χ1v) is 22.8. The predicted octanol–water partition coefficient (Wildman–Crippen LogP) is 11.6. The molecule has 4 aromatic carbocycles. The van der Waals surface area contributed by atoms with Crippen LogP contribution in [0.25, 0.3) is 21.5 Å². The van der Waals surface area contributed by atoms with Gasteiger partial charge in [0.15, 0.2) is 0 Å². The molecule has 4 rings (SSSR count). The minimum Gasteiger partial charge on any atom is -0.744 e. The Morgan fingerprint density at radius 1 is 0.415 bits per heavy atom. The van der Waals surface area contributed by atoms with Crippen molar-refractivity contribution >= 4 is 79.5 Å². The Kier molecular flexibility index (Phi) is 22.4. The van der Waals surface area contributed by atoms with Crippen LogP contribution in [-0.4, -0.2) is 63.7 Å². The Balaban J connectivity index is 0.000000360. The molecular weight excluding hydrogens is 729 g/mol. The molecule has 0 bridgehead atoms. The second kappa shape index (κ2) is 24.9. The molecule has 4 aromatic rings. The maximum Gasteiger partial charge on any atom is 2.00 e. The number of unbranched alkanes of at least 4 members (excludes halogenated alkanes) is 12. The van der Waals surface area contributed by atoms with E-state index in [1.165, 1.54) is 61.8 Å². The zero-order chi connectivity index (χ0) is 38.0. The van der Waals surface area contributed by atoms with Crippen molar-refractivity contribution in [3.8, 4) is 0 Å². The van der Waals surface area contributed by atoms with E-state index in [1.54, 1.807) is 12.1 Å². The Morgan fingerprint density at radius 2 is 0.717 bits per heavy atom. The van der Waals surface area contributed by atoms with Crippen LogP contribution in [0.15, 0.2) is 70.5 Å². The summed E-state index contributed by atoms with van der Waals surface area (Å²) in [5.41, 5.74) is 3.88. The summed E-state index contributed by atoms with van der Waals surface area (Å²) in [6.45, 7) is 8.70. The first-order chi connectivity index (χ1) is 24.9. The number of aryl methyl sites for hydroxylation is 4. The molecule has 6 nitrogen and oxygen atoms in total. The minimum absolute atomic E-state index is 0. The molecule has 0 spiro atoms. The smallest absolute Gasteiger partial charge is 0.744 e. The van der Waals surface area contributed by atoms with Crippen molar-refractivity contribution in [2.45, 2.75) is 166 Å². The van der Waals surface area contributed by atoms with Crippen LogP contribution in [-0.2, 0) is 45.9 Å². The van der Waals surface area contributed by atoms with Gasteiger partial charge < -0.3 is 9.11 Å². The van der Waals surface area contributed by atoms with Crippen LogP contribution in [0, 0.1) is 0 Å². The Morgan fingerprint density at radius 3 is 1.02 bits per heavy atom. The molecule has 288 valence electrons. The molecule has 0 saturated carbocycles. The van der Waals surface area contributed by atoms with Gasteiger partial charge in [0.05, 0.1) is 9.79 Å². The van der Waals surface area contributed by atoms with Gasteiger partial charge in [0.2, 0.25) is 0 Å². The molecule has 0 aliphatic rings. The molecule has 0 radical (unpaired) electrons. The average Bonchev–Trinajstić information content (AvgIpc) is 3.11. The molecule has 9 heteroatoms. The van der Waals surface area contributed by atoms with Gasteiger partial charge in [0.1, 0.15) is 20.2 Å². The van der Waals surface area contributed by atoms with E-state index in [0.29, 0.717) is 24.0 Å². The summed E-state index contributed by atoms with van der Waals surface area (Å²) in [5.74, 6) is 0. The molecule has 0 unspecified atom stereocenters. The number of fused-ring (bicyclic) bond motifs is 2. The van der Waals surface area contributed by atoms with Crippen molar-refractivity contribution in [3.63, 3.8) is 0 Å². The molecule has 0 heterocycles. The molecule has 0 fully saturated rings. The first kappa shape index (κ1) is 47.6. The van der Waals surface area contributed by atoms with Gasteiger partial charge in [0, 0.05) is 0 Å². The maximum atomic E-state index is 11.8. The van der Waals surface area contributed by atoms with Gasteiger partial charge in [-0.1, -0.05) is 153 Å². The van der Waals surface area contributed by atoms with Crippen molar-refractivity contribution in [1.29, 1.82) is 0 Å². The second-order valence-corrected chi connectivity index (χ2v) is 17.0. The van der Waals surface area contributed by atoms with Crippen molar-refractivity contribution in [2.75, 3.05) is 0 Å². The summed E-state index contributed by atoms with van der Waals surface area (Å²) in [7, 11) is -8.91. The zero-order valence-corrected chi connectivity index (χ0v) is 36.7. The van der Waals surface area contributed by atoms with Gasteiger partial charge in [-0.2, -0.15) is 0 Å². The maximum absolute atomic E-state index is 11.8. The summed E-state index contributed by atoms with van der Waals surface area (Å²) >= 11 is 0. The Bertz CT molecular complexity index is 1770. The second-order valence-electron chi connectivity index (χ2n) is 14.3. The molecule has 0 aromatic heterocycles. The Hall–Kier alpha value is -1.52. The molecule has 0 aliphatic carbocycles. The number of benzene rings is 4. The van der Waals surface area contributed by atoms with E-state index in [1.807, 2.05) is 0 Å². The van der Waals surface area contributed by atoms with Crippen LogP contribution in [0.3, 0.4) is 0 Å². The van der Waals surface area contributed by atoms with Crippen LogP contribution in [0.4, 0.5) is 0 Å². The molecular formula is C44H62CaO6S2. The summed E-state index contributed by atoms with van der Waals surface area (Å²) in [6, 6.07) is 19.1. The van der Waals surface area contributed by atoms with E-state index in [9.17, 15) is 25.9 Å². The van der Waals surface area contributed by atoms with Crippen LogP contribution < -0.4 is 0 Å². The third-order valence-electron chi connectivity index (χ3n) is 10.0. The van der Waals surface area contributed by atoms with Crippen LogP contribution >= 0.6 is 0 Å². The monoisotopic (exact) mass is 790 g/mol. The van der Waals surface area contributed by atoms with Crippen molar-refractivity contribution in [3.05, 3.63) is 82.9 Å². The third kappa shape index (κ3) is 15.9. The number of hydrogen-bond acceptors (Lipinski definition) is 6. The number of rotatable bonds is 22. The fraction of sp³-hybridized carbons (Fsp3) is 0.545. The standard InChI is InChI=1S/2C22H32O3S.Ca/c2*1-3-5-7-9-11-18-13-14-19-15-16-22(26(23,24)25)20(21(19)17-18)12-10-8-6-4-2;/h2*13-17H,3-12H2,1-2H3,(H,23,24,25);/q;;+2/p-2. The van der Waals surface area contributed by atoms with E-state index < -0.39 is 20.2 Å². The summed E-state index contributed by atoms with van der Waals surface area (Å²) < 4.78 is 70.6. The molecule has 0 aliphatic heterocycles. The van der Waals surface area contributed by atoms with E-state index in [2.05, 4.69) is 64.1 Å². The SMILES string of the molecule is CCCCCCc1ccc2ccc(S(=O)(=O)[O-])c(CCCCCC)c2c1.CCCCCCc1ccc2ccc(S(=O)(=O)[O-])c(CCCCCC)c2c1.[Ca+2]. The quantitative estimate of drug-likeness (QED) is 0.0445. The summed E-state index contributed by atoms with van der Waals surface area (Å²) in [4.78, 5) is -0.0748. The summed E-state index contributed by atoms with van der Waals surface area (Å²) in [5, 5.41) is 3.90. The fourth-order valence-electron chi connectivity index (χ4n) is 7.08. The minimum atomic E-state index is -4.45. The van der Waals surface area contributed by atoms with Gasteiger partial charge in [-0.15, -0.1) is 0 Å². The third-order valence-corrected chi connectivity index (χ3v) is 11.9. The molecule has 53 heavy (non-hydrogen) atoms. The number of hydrogen-bond donors (Lipinski definition) is 0. The molecule has 0 saturated heterocycles. The van der Waals surface area contributed by atoms with E-state index in [0.717, 1.165) is 98.6 Å². The van der Waals surface area contributed by atoms with Gasteiger partial charge >= 0.3 is 37.7 Å². The molecule has 0 atom stereocenters.